The van der Waals surface area contributed by atoms with Crippen molar-refractivity contribution >= 4 is 0 Å². The summed E-state index contributed by atoms with van der Waals surface area (Å²) < 4.78 is 37.2. The fourth-order valence-corrected chi connectivity index (χ4v) is 4.33. The summed E-state index contributed by atoms with van der Waals surface area (Å²) >= 11 is 0. The van der Waals surface area contributed by atoms with Crippen molar-refractivity contribution in [2.24, 2.45) is 11.7 Å². The molecule has 124 valence electrons. The summed E-state index contributed by atoms with van der Waals surface area (Å²) in [6.07, 6.45) is 3.47. The minimum atomic E-state index is -4.05. The lowest BCUT2D eigenvalue weighted by Gasteiger charge is -2.52. The van der Waals surface area contributed by atoms with Crippen LogP contribution in [0.1, 0.15) is 64.7 Å². The van der Waals surface area contributed by atoms with Gasteiger partial charge in [-0.2, -0.15) is 13.2 Å². The van der Waals surface area contributed by atoms with Crippen molar-refractivity contribution in [3.8, 4) is 0 Å². The van der Waals surface area contributed by atoms with Crippen molar-refractivity contribution in [1.82, 2.24) is 4.90 Å². The highest BCUT2D eigenvalue weighted by Crippen LogP contribution is 2.40. The number of piperidine rings is 1. The Kier molecular flexibility index (Phi) is 5.58. The molecule has 0 aromatic rings. The zero-order valence-corrected chi connectivity index (χ0v) is 13.1. The highest BCUT2D eigenvalue weighted by Gasteiger charge is 2.42. The summed E-state index contributed by atoms with van der Waals surface area (Å²) in [5, 5.41) is 0. The van der Waals surface area contributed by atoms with Crippen LogP contribution in [-0.4, -0.2) is 35.7 Å². The number of likely N-dealkylation sites (tertiary alicyclic amines) is 1. The zero-order valence-electron chi connectivity index (χ0n) is 13.1. The molecule has 2 aliphatic rings. The fraction of sp³-hybridized carbons (Fsp3) is 1.00. The standard InChI is InChI=1S/C16H29F3N2/c1-15(12-20,9-5-10-16(17,18)19)21-11-4-7-13-6-2-3-8-14(13)21/h13-14H,2-12,20H2,1H3. The third kappa shape index (κ3) is 4.35. The minimum Gasteiger partial charge on any atom is -0.329 e. The van der Waals surface area contributed by atoms with Crippen LogP contribution in [0.3, 0.4) is 0 Å². The molecule has 3 atom stereocenters. The highest BCUT2D eigenvalue weighted by atomic mass is 19.4. The molecule has 0 aromatic heterocycles. The molecule has 1 aliphatic carbocycles. The van der Waals surface area contributed by atoms with Crippen LogP contribution in [0.5, 0.6) is 0 Å². The summed E-state index contributed by atoms with van der Waals surface area (Å²) in [6.45, 7) is 3.52. The molecule has 0 radical (unpaired) electrons. The SMILES string of the molecule is CC(CN)(CCCC(F)(F)F)N1CCCC2CCCCC21. The molecular formula is C16H29F3N2. The maximum atomic E-state index is 12.4. The molecule has 5 heteroatoms. The van der Waals surface area contributed by atoms with Crippen LogP contribution in [0.4, 0.5) is 13.2 Å². The van der Waals surface area contributed by atoms with Crippen molar-refractivity contribution in [1.29, 1.82) is 0 Å². The molecule has 2 fully saturated rings. The van der Waals surface area contributed by atoms with Gasteiger partial charge in [-0.05, 0) is 57.9 Å². The summed E-state index contributed by atoms with van der Waals surface area (Å²) in [6, 6.07) is 0.548. The number of nitrogens with zero attached hydrogens (tertiary/aromatic N) is 1. The predicted molar refractivity (Wildman–Crippen MR) is 79.1 cm³/mol. The highest BCUT2D eigenvalue weighted by molar-refractivity contribution is 4.97. The van der Waals surface area contributed by atoms with Crippen molar-refractivity contribution in [3.05, 3.63) is 0 Å². The van der Waals surface area contributed by atoms with E-state index in [2.05, 4.69) is 11.8 Å². The molecule has 1 aliphatic heterocycles. The maximum Gasteiger partial charge on any atom is 0.389 e. The summed E-state index contributed by atoms with van der Waals surface area (Å²) in [5.41, 5.74) is 5.71. The molecule has 2 nitrogen and oxygen atoms in total. The number of halogens is 3. The van der Waals surface area contributed by atoms with E-state index in [1.54, 1.807) is 0 Å². The second kappa shape index (κ2) is 6.86. The van der Waals surface area contributed by atoms with Gasteiger partial charge in [0.1, 0.15) is 0 Å². The maximum absolute atomic E-state index is 12.4. The van der Waals surface area contributed by atoms with Crippen LogP contribution < -0.4 is 5.73 Å². The number of rotatable bonds is 5. The molecule has 2 rings (SSSR count). The van der Waals surface area contributed by atoms with Gasteiger partial charge < -0.3 is 5.73 Å². The van der Waals surface area contributed by atoms with Gasteiger partial charge >= 0.3 is 6.18 Å². The van der Waals surface area contributed by atoms with Gasteiger partial charge in [-0.25, -0.2) is 0 Å². The quantitative estimate of drug-likeness (QED) is 0.829. The first-order valence-electron chi connectivity index (χ1n) is 8.39. The van der Waals surface area contributed by atoms with Gasteiger partial charge in [0, 0.05) is 24.5 Å². The van der Waals surface area contributed by atoms with Crippen molar-refractivity contribution < 1.29 is 13.2 Å². The molecule has 21 heavy (non-hydrogen) atoms. The largest absolute Gasteiger partial charge is 0.389 e. The third-order valence-corrected chi connectivity index (χ3v) is 5.55. The topological polar surface area (TPSA) is 29.3 Å². The lowest BCUT2D eigenvalue weighted by Crippen LogP contribution is -2.60. The van der Waals surface area contributed by atoms with Crippen molar-refractivity contribution in [2.75, 3.05) is 13.1 Å². The van der Waals surface area contributed by atoms with E-state index in [9.17, 15) is 13.2 Å². The van der Waals surface area contributed by atoms with E-state index in [4.69, 9.17) is 5.73 Å². The number of fused-ring (bicyclic) bond motifs is 1. The normalized spacial score (nSPS) is 30.7. The summed E-state index contributed by atoms with van der Waals surface area (Å²) in [5.74, 6) is 0.737. The molecule has 1 heterocycles. The average molecular weight is 306 g/mol. The van der Waals surface area contributed by atoms with Crippen LogP contribution in [0.25, 0.3) is 0 Å². The van der Waals surface area contributed by atoms with Crippen LogP contribution >= 0.6 is 0 Å². The zero-order chi connectivity index (χ0) is 15.5. The Morgan fingerprint density at radius 2 is 1.71 bits per heavy atom. The second-order valence-electron chi connectivity index (χ2n) is 7.12. The van der Waals surface area contributed by atoms with E-state index < -0.39 is 12.6 Å². The first-order chi connectivity index (χ1) is 9.86. The minimum absolute atomic E-state index is 0.186. The third-order valence-electron chi connectivity index (χ3n) is 5.55. The van der Waals surface area contributed by atoms with Crippen LogP contribution in [0.15, 0.2) is 0 Å². The average Bonchev–Trinajstić information content (AvgIpc) is 2.45. The van der Waals surface area contributed by atoms with Crippen molar-refractivity contribution in [3.63, 3.8) is 0 Å². The second-order valence-corrected chi connectivity index (χ2v) is 7.12. The van der Waals surface area contributed by atoms with Crippen LogP contribution in [0, 0.1) is 5.92 Å². The Balaban J connectivity index is 2.00. The Labute approximate surface area is 126 Å². The van der Waals surface area contributed by atoms with E-state index in [1.165, 1.54) is 32.1 Å². The smallest absolute Gasteiger partial charge is 0.329 e. The van der Waals surface area contributed by atoms with E-state index >= 15 is 0 Å². The Morgan fingerprint density at radius 1 is 1.05 bits per heavy atom. The monoisotopic (exact) mass is 306 g/mol. The van der Waals surface area contributed by atoms with E-state index in [-0.39, 0.29) is 12.0 Å². The lowest BCUT2D eigenvalue weighted by molar-refractivity contribution is -0.137. The van der Waals surface area contributed by atoms with Crippen LogP contribution in [0.2, 0.25) is 0 Å². The molecule has 0 amide bonds. The summed E-state index contributed by atoms with van der Waals surface area (Å²) in [7, 11) is 0. The molecule has 0 aromatic carbocycles. The van der Waals surface area contributed by atoms with Crippen molar-refractivity contribution in [2.45, 2.75) is 82.5 Å². The Hall–Kier alpha value is -0.290. The number of hydrogen-bond donors (Lipinski definition) is 1. The van der Waals surface area contributed by atoms with Gasteiger partial charge in [0.05, 0.1) is 0 Å². The van der Waals surface area contributed by atoms with Gasteiger partial charge in [0.2, 0.25) is 0 Å². The van der Waals surface area contributed by atoms with Gasteiger partial charge in [-0.3, -0.25) is 4.90 Å². The van der Waals surface area contributed by atoms with E-state index in [0.29, 0.717) is 19.0 Å². The molecule has 1 saturated heterocycles. The number of hydrogen-bond acceptors (Lipinski definition) is 2. The first-order valence-corrected chi connectivity index (χ1v) is 8.39. The molecule has 2 N–H and O–H groups in total. The molecule has 1 saturated carbocycles. The first kappa shape index (κ1) is 17.1. The molecule has 0 bridgehead atoms. The molecular weight excluding hydrogens is 277 g/mol. The van der Waals surface area contributed by atoms with Gasteiger partial charge in [-0.1, -0.05) is 12.8 Å². The predicted octanol–water partition coefficient (Wildman–Crippen LogP) is 4.09. The molecule has 0 spiro atoms. The Morgan fingerprint density at radius 3 is 2.38 bits per heavy atom. The number of alkyl halides is 3. The fourth-order valence-electron chi connectivity index (χ4n) is 4.33. The van der Waals surface area contributed by atoms with Gasteiger partial charge in [0.15, 0.2) is 0 Å². The van der Waals surface area contributed by atoms with Crippen LogP contribution in [-0.2, 0) is 0 Å². The molecule has 3 unspecified atom stereocenters. The lowest BCUT2D eigenvalue weighted by atomic mass is 9.75. The van der Waals surface area contributed by atoms with E-state index in [0.717, 1.165) is 18.9 Å². The Bertz CT molecular complexity index is 330. The number of nitrogens with two attached hydrogens (primary N) is 1. The van der Waals surface area contributed by atoms with E-state index in [1.807, 2.05) is 0 Å². The summed E-state index contributed by atoms with van der Waals surface area (Å²) in [4.78, 5) is 2.47. The van der Waals surface area contributed by atoms with Gasteiger partial charge in [-0.15, -0.1) is 0 Å². The van der Waals surface area contributed by atoms with Gasteiger partial charge in [0.25, 0.3) is 0 Å².